The van der Waals surface area contributed by atoms with Crippen molar-refractivity contribution in [1.29, 1.82) is 0 Å². The Hall–Kier alpha value is -0.820. The Morgan fingerprint density at radius 1 is 1.47 bits per heavy atom. The van der Waals surface area contributed by atoms with Crippen LogP contribution in [0.4, 0.5) is 0 Å². The highest BCUT2D eigenvalue weighted by molar-refractivity contribution is 7.26. The first-order valence-electron chi connectivity index (χ1n) is 4.86. The lowest BCUT2D eigenvalue weighted by Crippen LogP contribution is -1.92. The molecule has 2 aromatic rings. The zero-order valence-corrected chi connectivity index (χ0v) is 10.1. The first kappa shape index (κ1) is 10.7. The fourth-order valence-electron chi connectivity index (χ4n) is 1.42. The molecule has 0 fully saturated rings. The van der Waals surface area contributed by atoms with Crippen LogP contribution in [0.2, 0.25) is 0 Å². The van der Waals surface area contributed by atoms with Crippen LogP contribution in [0.15, 0.2) is 17.5 Å². The van der Waals surface area contributed by atoms with Crippen molar-refractivity contribution in [3.63, 3.8) is 0 Å². The summed E-state index contributed by atoms with van der Waals surface area (Å²) in [4.78, 5) is 1.06. The van der Waals surface area contributed by atoms with Crippen molar-refractivity contribution in [3.05, 3.63) is 22.4 Å². The third-order valence-corrected chi connectivity index (χ3v) is 4.40. The van der Waals surface area contributed by atoms with Crippen LogP contribution in [0.1, 0.15) is 30.7 Å². The highest BCUT2D eigenvalue weighted by atomic mass is 32.1. The number of thiophene rings is 2. The molecule has 1 unspecified atom stereocenters. The first-order chi connectivity index (χ1) is 7.31. The Morgan fingerprint density at radius 3 is 3.07 bits per heavy atom. The largest absolute Gasteiger partial charge is 0.388 e. The Morgan fingerprint density at radius 2 is 2.33 bits per heavy atom. The van der Waals surface area contributed by atoms with Crippen LogP contribution in [-0.2, 0) is 0 Å². The number of hydrogen-bond acceptors (Lipinski definition) is 3. The molecule has 2 rings (SSSR count). The molecule has 1 nitrogen and oxygen atoms in total. The number of fused-ring (bicyclic) bond motifs is 1. The second kappa shape index (κ2) is 4.80. The molecule has 0 saturated heterocycles. The van der Waals surface area contributed by atoms with E-state index in [1.807, 2.05) is 6.92 Å². The Balaban J connectivity index is 2.08. The predicted octanol–water partition coefficient (Wildman–Crippen LogP) is 3.80. The molecule has 15 heavy (non-hydrogen) atoms. The number of hydrogen-bond donors (Lipinski definition) is 1. The van der Waals surface area contributed by atoms with Crippen LogP contribution in [0.25, 0.3) is 9.40 Å². The maximum atomic E-state index is 9.91. The van der Waals surface area contributed by atoms with Crippen LogP contribution >= 0.6 is 22.7 Å². The van der Waals surface area contributed by atoms with Gasteiger partial charge in [-0.25, -0.2) is 0 Å². The van der Waals surface area contributed by atoms with Crippen molar-refractivity contribution in [2.24, 2.45) is 0 Å². The van der Waals surface area contributed by atoms with Gasteiger partial charge in [0.25, 0.3) is 0 Å². The maximum absolute atomic E-state index is 9.91. The summed E-state index contributed by atoms with van der Waals surface area (Å²) in [7, 11) is 0. The molecule has 3 heteroatoms. The molecule has 0 aromatic carbocycles. The Kier molecular flexibility index (Phi) is 3.42. The van der Waals surface area contributed by atoms with E-state index in [0.29, 0.717) is 0 Å². The molecule has 0 aliphatic carbocycles. The van der Waals surface area contributed by atoms with Gasteiger partial charge in [-0.2, -0.15) is 0 Å². The summed E-state index contributed by atoms with van der Waals surface area (Å²) in [5.41, 5.74) is 0. The van der Waals surface area contributed by atoms with Crippen LogP contribution in [0.5, 0.6) is 0 Å². The average molecular weight is 236 g/mol. The molecule has 0 bridgehead atoms. The van der Waals surface area contributed by atoms with E-state index >= 15 is 0 Å². The third kappa shape index (κ3) is 2.40. The van der Waals surface area contributed by atoms with Gasteiger partial charge in [-0.3, -0.25) is 0 Å². The summed E-state index contributed by atoms with van der Waals surface area (Å²) in [6, 6.07) is 4.20. The Bertz CT molecular complexity index is 470. The van der Waals surface area contributed by atoms with Crippen molar-refractivity contribution in [2.45, 2.75) is 25.9 Å². The summed E-state index contributed by atoms with van der Waals surface area (Å²) in [5.74, 6) is 5.81. The lowest BCUT2D eigenvalue weighted by molar-refractivity contribution is 0.173. The molecule has 2 heterocycles. The summed E-state index contributed by atoms with van der Waals surface area (Å²) < 4.78 is 2.55. The minimum Gasteiger partial charge on any atom is -0.388 e. The molecule has 0 spiro atoms. The van der Waals surface area contributed by atoms with Gasteiger partial charge in [0.05, 0.1) is 6.10 Å². The van der Waals surface area contributed by atoms with Gasteiger partial charge in [-0.1, -0.05) is 0 Å². The summed E-state index contributed by atoms with van der Waals surface area (Å²) in [5, 5.41) is 12.0. The fraction of sp³-hybridized carbons (Fsp3) is 0.333. The van der Waals surface area contributed by atoms with E-state index < -0.39 is 0 Å². The van der Waals surface area contributed by atoms with Crippen molar-refractivity contribution in [3.8, 4) is 11.8 Å². The topological polar surface area (TPSA) is 20.2 Å². The molecular formula is C12H12OS2. The van der Waals surface area contributed by atoms with Crippen LogP contribution in [0.3, 0.4) is 0 Å². The zero-order chi connectivity index (χ0) is 10.7. The lowest BCUT2D eigenvalue weighted by Gasteiger charge is -2.04. The van der Waals surface area contributed by atoms with Gasteiger partial charge in [0.15, 0.2) is 0 Å². The van der Waals surface area contributed by atoms with Crippen LogP contribution in [-0.4, -0.2) is 5.11 Å². The van der Waals surface area contributed by atoms with Gasteiger partial charge in [0.2, 0.25) is 0 Å². The lowest BCUT2D eigenvalue weighted by atomic mass is 10.2. The molecule has 2 aromatic heterocycles. The Labute approximate surface area is 97.4 Å². The summed E-state index contributed by atoms with van der Waals surface area (Å²) in [6.45, 7) is 1.83. The predicted molar refractivity (Wildman–Crippen MR) is 67.3 cm³/mol. The van der Waals surface area contributed by atoms with E-state index in [9.17, 15) is 5.11 Å². The van der Waals surface area contributed by atoms with E-state index in [2.05, 4.69) is 29.4 Å². The van der Waals surface area contributed by atoms with E-state index in [-0.39, 0.29) is 6.10 Å². The number of aliphatic hydroxyl groups is 1. The van der Waals surface area contributed by atoms with Crippen molar-refractivity contribution in [1.82, 2.24) is 0 Å². The van der Waals surface area contributed by atoms with Gasteiger partial charge in [-0.05, 0) is 30.9 Å². The van der Waals surface area contributed by atoms with Gasteiger partial charge in [-0.15, -0.1) is 34.5 Å². The van der Waals surface area contributed by atoms with Crippen LogP contribution in [0, 0.1) is 11.8 Å². The summed E-state index contributed by atoms with van der Waals surface area (Å²) in [6.07, 6.45) is 1.15. The van der Waals surface area contributed by atoms with Gasteiger partial charge in [0, 0.05) is 20.7 Å². The van der Waals surface area contributed by atoms with Crippen LogP contribution < -0.4 is 0 Å². The summed E-state index contributed by atoms with van der Waals surface area (Å²) >= 11 is 3.41. The quantitative estimate of drug-likeness (QED) is 0.804. The second-order valence-corrected chi connectivity index (χ2v) is 5.34. The molecule has 78 valence electrons. The SMILES string of the molecule is CC#CCCC(O)c1cc2sccc2s1. The van der Waals surface area contributed by atoms with Crippen molar-refractivity contribution < 1.29 is 5.11 Å². The molecular weight excluding hydrogens is 224 g/mol. The van der Waals surface area contributed by atoms with E-state index in [1.165, 1.54) is 9.40 Å². The maximum Gasteiger partial charge on any atom is 0.0891 e. The van der Waals surface area contributed by atoms with E-state index in [0.717, 1.165) is 17.7 Å². The van der Waals surface area contributed by atoms with E-state index in [4.69, 9.17) is 0 Å². The van der Waals surface area contributed by atoms with Gasteiger partial charge < -0.3 is 5.11 Å². The molecule has 1 atom stereocenters. The second-order valence-electron chi connectivity index (χ2n) is 3.28. The molecule has 0 saturated carbocycles. The minimum absolute atomic E-state index is 0.351. The average Bonchev–Trinajstić information content (AvgIpc) is 2.76. The van der Waals surface area contributed by atoms with E-state index in [1.54, 1.807) is 22.7 Å². The van der Waals surface area contributed by atoms with Gasteiger partial charge >= 0.3 is 0 Å². The minimum atomic E-state index is -0.351. The standard InChI is InChI=1S/C12H12OS2/c1-2-3-4-5-9(13)11-8-12-10(15-11)6-7-14-12/h6-9,13H,4-5H2,1H3. The number of aliphatic hydroxyl groups excluding tert-OH is 1. The highest BCUT2D eigenvalue weighted by Crippen LogP contribution is 2.34. The molecule has 0 aliphatic heterocycles. The molecule has 0 amide bonds. The molecule has 0 aliphatic rings. The monoisotopic (exact) mass is 236 g/mol. The molecule has 0 radical (unpaired) electrons. The zero-order valence-electron chi connectivity index (χ0n) is 8.49. The third-order valence-electron chi connectivity index (χ3n) is 2.21. The fourth-order valence-corrected chi connectivity index (χ4v) is 3.57. The smallest absolute Gasteiger partial charge is 0.0891 e. The normalized spacial score (nSPS) is 12.4. The van der Waals surface area contributed by atoms with Crippen molar-refractivity contribution in [2.75, 3.05) is 0 Å². The number of rotatable bonds is 3. The molecule has 1 N–H and O–H groups in total. The highest BCUT2D eigenvalue weighted by Gasteiger charge is 2.11. The first-order valence-corrected chi connectivity index (χ1v) is 6.55. The van der Waals surface area contributed by atoms with Crippen molar-refractivity contribution >= 4 is 32.1 Å². The van der Waals surface area contributed by atoms with Gasteiger partial charge in [0.1, 0.15) is 0 Å².